The number of aromatic nitrogens is 1. The summed E-state index contributed by atoms with van der Waals surface area (Å²) in [5.74, 6) is -0.151. The largest absolute Gasteiger partial charge is 0.385 e. The van der Waals surface area contributed by atoms with E-state index in [1.54, 1.807) is 12.5 Å². The third-order valence-corrected chi connectivity index (χ3v) is 2.64. The van der Waals surface area contributed by atoms with Crippen LogP contribution < -0.4 is 11.1 Å². The van der Waals surface area contributed by atoms with Crippen LogP contribution in [0.4, 0.5) is 0 Å². The number of amides is 1. The Morgan fingerprint density at radius 3 is 3.13 bits per heavy atom. The van der Waals surface area contributed by atoms with Crippen molar-refractivity contribution in [3.05, 3.63) is 16.1 Å². The number of nitrogens with zero attached hydrogens (tertiary/aromatic N) is 1. The lowest BCUT2D eigenvalue weighted by Crippen LogP contribution is -2.25. The summed E-state index contributed by atoms with van der Waals surface area (Å²) < 4.78 is 4.87. The van der Waals surface area contributed by atoms with Crippen LogP contribution in [0, 0.1) is 0 Å². The van der Waals surface area contributed by atoms with Gasteiger partial charge in [0.15, 0.2) is 0 Å². The molecule has 0 unspecified atom stereocenters. The summed E-state index contributed by atoms with van der Waals surface area (Å²) >= 11 is 1.40. The molecule has 0 aromatic carbocycles. The lowest BCUT2D eigenvalue weighted by molar-refractivity contribution is 0.0944. The number of ether oxygens (including phenoxy) is 1. The van der Waals surface area contributed by atoms with E-state index in [9.17, 15) is 4.79 Å². The van der Waals surface area contributed by atoms with Crippen LogP contribution >= 0.6 is 11.3 Å². The molecule has 3 N–H and O–H groups in total. The minimum Gasteiger partial charge on any atom is -0.385 e. The molecule has 1 heterocycles. The Morgan fingerprint density at radius 1 is 1.73 bits per heavy atom. The van der Waals surface area contributed by atoms with Crippen molar-refractivity contribution in [2.24, 2.45) is 5.73 Å². The lowest BCUT2D eigenvalue weighted by atomic mass is 10.4. The molecule has 0 aliphatic heterocycles. The van der Waals surface area contributed by atoms with E-state index in [1.807, 2.05) is 0 Å². The van der Waals surface area contributed by atoms with E-state index in [2.05, 4.69) is 10.3 Å². The maximum absolute atomic E-state index is 11.5. The van der Waals surface area contributed by atoms with E-state index >= 15 is 0 Å². The third kappa shape index (κ3) is 3.94. The van der Waals surface area contributed by atoms with Gasteiger partial charge in [0.2, 0.25) is 0 Å². The van der Waals surface area contributed by atoms with Gasteiger partial charge < -0.3 is 15.8 Å². The Bertz CT molecular complexity index is 314. The molecule has 1 amide bonds. The maximum Gasteiger partial charge on any atom is 0.270 e. The van der Waals surface area contributed by atoms with Crippen LogP contribution in [0.2, 0.25) is 0 Å². The smallest absolute Gasteiger partial charge is 0.270 e. The monoisotopic (exact) mass is 229 g/mol. The van der Waals surface area contributed by atoms with Crippen LogP contribution in [-0.4, -0.2) is 31.2 Å². The van der Waals surface area contributed by atoms with E-state index in [0.717, 1.165) is 11.4 Å². The van der Waals surface area contributed by atoms with Gasteiger partial charge in [-0.25, -0.2) is 4.98 Å². The Hall–Kier alpha value is -0.980. The first-order valence-corrected chi connectivity index (χ1v) is 5.57. The predicted octanol–water partition coefficient (Wildman–Crippen LogP) is 0.368. The number of rotatable bonds is 6. The Kier molecular flexibility index (Phi) is 5.23. The zero-order valence-electron chi connectivity index (χ0n) is 8.66. The summed E-state index contributed by atoms with van der Waals surface area (Å²) in [4.78, 5) is 15.6. The Morgan fingerprint density at radius 2 is 2.53 bits per heavy atom. The molecule has 15 heavy (non-hydrogen) atoms. The summed E-state index contributed by atoms with van der Waals surface area (Å²) in [6, 6.07) is 0. The standard InChI is InChI=1S/C9H15N3O2S/c1-14-4-2-3-11-9(13)7-6-15-8(5-10)12-7/h6H,2-5,10H2,1H3,(H,11,13). The van der Waals surface area contributed by atoms with Crippen molar-refractivity contribution in [2.75, 3.05) is 20.3 Å². The Balaban J connectivity index is 2.33. The fourth-order valence-corrected chi connectivity index (χ4v) is 1.67. The van der Waals surface area contributed by atoms with Gasteiger partial charge in [-0.05, 0) is 6.42 Å². The van der Waals surface area contributed by atoms with Crippen LogP contribution in [0.3, 0.4) is 0 Å². The number of carbonyl (C=O) groups excluding carboxylic acids is 1. The molecule has 0 bridgehead atoms. The Labute approximate surface area is 92.6 Å². The van der Waals surface area contributed by atoms with E-state index in [4.69, 9.17) is 10.5 Å². The van der Waals surface area contributed by atoms with Crippen molar-refractivity contribution in [3.8, 4) is 0 Å². The van der Waals surface area contributed by atoms with Gasteiger partial charge in [0.25, 0.3) is 5.91 Å². The quantitative estimate of drug-likeness (QED) is 0.691. The van der Waals surface area contributed by atoms with Crippen LogP contribution in [0.15, 0.2) is 5.38 Å². The van der Waals surface area contributed by atoms with Crippen molar-refractivity contribution >= 4 is 17.2 Å². The minimum atomic E-state index is -0.151. The first-order chi connectivity index (χ1) is 7.27. The second-order valence-corrected chi connectivity index (χ2v) is 3.88. The van der Waals surface area contributed by atoms with Crippen molar-refractivity contribution in [3.63, 3.8) is 0 Å². The average molecular weight is 229 g/mol. The van der Waals surface area contributed by atoms with Gasteiger partial charge >= 0.3 is 0 Å². The molecule has 6 heteroatoms. The lowest BCUT2D eigenvalue weighted by Gasteiger charge is -2.01. The molecule has 0 saturated heterocycles. The average Bonchev–Trinajstić information content (AvgIpc) is 2.72. The fourth-order valence-electron chi connectivity index (χ4n) is 1.02. The highest BCUT2D eigenvalue weighted by atomic mass is 32.1. The van der Waals surface area contributed by atoms with Gasteiger partial charge in [-0.3, -0.25) is 4.79 Å². The topological polar surface area (TPSA) is 77.2 Å². The molecule has 0 saturated carbocycles. The molecule has 84 valence electrons. The molecule has 0 spiro atoms. The number of nitrogens with two attached hydrogens (primary N) is 1. The molecule has 0 aliphatic carbocycles. The molecule has 1 aromatic rings. The van der Waals surface area contributed by atoms with Crippen molar-refractivity contribution < 1.29 is 9.53 Å². The summed E-state index contributed by atoms with van der Waals surface area (Å²) in [6.45, 7) is 1.62. The number of hydrogen-bond donors (Lipinski definition) is 2. The SMILES string of the molecule is COCCCNC(=O)c1csc(CN)n1. The van der Waals surface area contributed by atoms with Crippen molar-refractivity contribution in [1.29, 1.82) is 0 Å². The first kappa shape index (κ1) is 12.1. The summed E-state index contributed by atoms with van der Waals surface area (Å²) in [7, 11) is 1.63. The zero-order valence-corrected chi connectivity index (χ0v) is 9.47. The number of nitrogens with one attached hydrogen (secondary N) is 1. The van der Waals surface area contributed by atoms with Gasteiger partial charge in [-0.1, -0.05) is 0 Å². The number of carbonyl (C=O) groups is 1. The molecule has 0 aliphatic rings. The normalized spacial score (nSPS) is 10.3. The highest BCUT2D eigenvalue weighted by Gasteiger charge is 2.08. The minimum absolute atomic E-state index is 0.151. The molecule has 1 aromatic heterocycles. The number of hydrogen-bond acceptors (Lipinski definition) is 5. The van der Waals surface area contributed by atoms with Crippen molar-refractivity contribution in [1.82, 2.24) is 10.3 Å². The highest BCUT2D eigenvalue weighted by molar-refractivity contribution is 7.09. The molecule has 5 nitrogen and oxygen atoms in total. The van der Waals surface area contributed by atoms with Gasteiger partial charge in [0.05, 0.1) is 0 Å². The van der Waals surface area contributed by atoms with Gasteiger partial charge in [-0.2, -0.15) is 0 Å². The van der Waals surface area contributed by atoms with Crippen LogP contribution in [0.5, 0.6) is 0 Å². The first-order valence-electron chi connectivity index (χ1n) is 4.69. The fraction of sp³-hybridized carbons (Fsp3) is 0.556. The van der Waals surface area contributed by atoms with Crippen LogP contribution in [0.1, 0.15) is 21.9 Å². The second-order valence-electron chi connectivity index (χ2n) is 2.93. The van der Waals surface area contributed by atoms with Crippen LogP contribution in [0.25, 0.3) is 0 Å². The summed E-state index contributed by atoms with van der Waals surface area (Å²) in [5.41, 5.74) is 5.85. The molecule has 1 rings (SSSR count). The molecule has 0 atom stereocenters. The van der Waals surface area contributed by atoms with E-state index < -0.39 is 0 Å². The van der Waals surface area contributed by atoms with E-state index in [0.29, 0.717) is 25.4 Å². The molecule has 0 fully saturated rings. The highest BCUT2D eigenvalue weighted by Crippen LogP contribution is 2.08. The predicted molar refractivity (Wildman–Crippen MR) is 58.8 cm³/mol. The molecular weight excluding hydrogens is 214 g/mol. The molecule has 0 radical (unpaired) electrons. The van der Waals surface area contributed by atoms with Gasteiger partial charge in [-0.15, -0.1) is 11.3 Å². The van der Waals surface area contributed by atoms with Gasteiger partial charge in [0, 0.05) is 32.2 Å². The molecular formula is C9H15N3O2S. The van der Waals surface area contributed by atoms with E-state index in [-0.39, 0.29) is 5.91 Å². The van der Waals surface area contributed by atoms with Gasteiger partial charge in [0.1, 0.15) is 10.7 Å². The summed E-state index contributed by atoms with van der Waals surface area (Å²) in [6.07, 6.45) is 0.802. The number of thiazole rings is 1. The maximum atomic E-state index is 11.5. The van der Waals surface area contributed by atoms with Crippen molar-refractivity contribution in [2.45, 2.75) is 13.0 Å². The zero-order chi connectivity index (χ0) is 11.1. The number of methoxy groups -OCH3 is 1. The second kappa shape index (κ2) is 6.49. The van der Waals surface area contributed by atoms with Crippen LogP contribution in [-0.2, 0) is 11.3 Å². The third-order valence-electron chi connectivity index (χ3n) is 1.77. The van der Waals surface area contributed by atoms with E-state index in [1.165, 1.54) is 11.3 Å². The summed E-state index contributed by atoms with van der Waals surface area (Å²) in [5, 5.41) is 5.25.